The zero-order chi connectivity index (χ0) is 18.3. The van der Waals surface area contributed by atoms with Crippen molar-refractivity contribution in [2.24, 2.45) is 0 Å². The summed E-state index contributed by atoms with van der Waals surface area (Å²) in [5.41, 5.74) is 5.80. The molecule has 1 atom stereocenters. The molecule has 1 aliphatic rings. The summed E-state index contributed by atoms with van der Waals surface area (Å²) in [7, 11) is 0. The quantitative estimate of drug-likeness (QED) is 0.620. The van der Waals surface area contributed by atoms with Gasteiger partial charge in [-0.1, -0.05) is 42.5 Å². The van der Waals surface area contributed by atoms with Crippen LogP contribution in [0.15, 0.2) is 54.6 Å². The van der Waals surface area contributed by atoms with Crippen LogP contribution < -0.4 is 5.32 Å². The summed E-state index contributed by atoms with van der Waals surface area (Å²) in [5.74, 6) is -0.938. The Morgan fingerprint density at radius 1 is 1.15 bits per heavy atom. The van der Waals surface area contributed by atoms with E-state index in [9.17, 15) is 4.79 Å². The molecule has 4 rings (SSSR count). The van der Waals surface area contributed by atoms with Crippen LogP contribution in [0, 0.1) is 0 Å². The summed E-state index contributed by atoms with van der Waals surface area (Å²) in [4.78, 5) is 14.3. The number of carboxylic acid groups (broad SMARTS) is 1. The van der Waals surface area contributed by atoms with Crippen molar-refractivity contribution in [3.05, 3.63) is 77.0 Å². The predicted molar refractivity (Wildman–Crippen MR) is 104 cm³/mol. The lowest BCUT2D eigenvalue weighted by molar-refractivity contribution is -0.131. The van der Waals surface area contributed by atoms with Crippen LogP contribution in [0.2, 0.25) is 0 Å². The van der Waals surface area contributed by atoms with Gasteiger partial charge in [0.25, 0.3) is 0 Å². The minimum Gasteiger partial charge on any atom is -0.478 e. The summed E-state index contributed by atoms with van der Waals surface area (Å²) in [6, 6.07) is 16.6. The van der Waals surface area contributed by atoms with Gasteiger partial charge in [-0.15, -0.1) is 0 Å². The molecule has 0 fully saturated rings. The van der Waals surface area contributed by atoms with E-state index in [1.54, 1.807) is 6.08 Å². The van der Waals surface area contributed by atoms with Gasteiger partial charge in [0.1, 0.15) is 0 Å². The van der Waals surface area contributed by atoms with Crippen molar-refractivity contribution in [2.45, 2.75) is 31.8 Å². The van der Waals surface area contributed by atoms with E-state index in [0.29, 0.717) is 0 Å². The number of H-pyrrole nitrogens is 1. The Balaban J connectivity index is 1.76. The second-order valence-corrected chi connectivity index (χ2v) is 7.54. The van der Waals surface area contributed by atoms with Gasteiger partial charge in [0.2, 0.25) is 0 Å². The second kappa shape index (κ2) is 6.15. The van der Waals surface area contributed by atoms with Crippen molar-refractivity contribution in [3.8, 4) is 0 Å². The number of aromatic nitrogens is 1. The molecule has 1 aliphatic heterocycles. The molecule has 26 heavy (non-hydrogen) atoms. The Kier molecular flexibility index (Phi) is 3.93. The normalized spacial score (nSPS) is 18.9. The molecule has 2 aromatic carbocycles. The first-order valence-corrected chi connectivity index (χ1v) is 8.81. The number of aliphatic carboxylic acids is 1. The average molecular weight is 346 g/mol. The largest absolute Gasteiger partial charge is 0.478 e. The van der Waals surface area contributed by atoms with Crippen LogP contribution in [-0.4, -0.2) is 21.6 Å². The standard InChI is InChI=1S/C22H22N2O2/c1-22(2)13-17-16-5-3-4-6-18(16)23-21(17)20(24-22)15-10-7-14(8-11-15)9-12-19(25)26/h3-12,20,23-24H,13H2,1-2H3,(H,25,26). The Morgan fingerprint density at radius 2 is 1.88 bits per heavy atom. The van der Waals surface area contributed by atoms with Crippen LogP contribution in [0.5, 0.6) is 0 Å². The molecule has 1 aromatic heterocycles. The molecule has 0 bridgehead atoms. The minimum atomic E-state index is -0.938. The van der Waals surface area contributed by atoms with Gasteiger partial charge in [0.15, 0.2) is 0 Å². The molecule has 3 aromatic rings. The highest BCUT2D eigenvalue weighted by Gasteiger charge is 2.34. The molecule has 3 N–H and O–H groups in total. The van der Waals surface area contributed by atoms with Crippen molar-refractivity contribution in [2.75, 3.05) is 0 Å². The molecule has 0 aliphatic carbocycles. The van der Waals surface area contributed by atoms with E-state index in [0.717, 1.165) is 23.6 Å². The highest BCUT2D eigenvalue weighted by molar-refractivity contribution is 5.86. The first-order valence-electron chi connectivity index (χ1n) is 8.81. The van der Waals surface area contributed by atoms with E-state index in [1.165, 1.54) is 22.2 Å². The number of hydrogen-bond acceptors (Lipinski definition) is 2. The summed E-state index contributed by atoms with van der Waals surface area (Å²) in [6.45, 7) is 4.46. The molecule has 0 saturated heterocycles. The molecule has 0 saturated carbocycles. The smallest absolute Gasteiger partial charge is 0.328 e. The molecule has 4 nitrogen and oxygen atoms in total. The van der Waals surface area contributed by atoms with Crippen LogP contribution in [-0.2, 0) is 11.2 Å². The van der Waals surface area contributed by atoms with E-state index in [4.69, 9.17) is 5.11 Å². The maximum absolute atomic E-state index is 10.7. The first kappa shape index (κ1) is 16.6. The first-order chi connectivity index (χ1) is 12.4. The van der Waals surface area contributed by atoms with Crippen LogP contribution in [0.25, 0.3) is 17.0 Å². The summed E-state index contributed by atoms with van der Waals surface area (Å²) < 4.78 is 0. The zero-order valence-corrected chi connectivity index (χ0v) is 14.9. The molecule has 132 valence electrons. The number of para-hydroxylation sites is 1. The lowest BCUT2D eigenvalue weighted by atomic mass is 9.84. The summed E-state index contributed by atoms with van der Waals surface area (Å²) >= 11 is 0. The van der Waals surface area contributed by atoms with E-state index >= 15 is 0 Å². The van der Waals surface area contributed by atoms with E-state index in [2.05, 4.69) is 60.5 Å². The van der Waals surface area contributed by atoms with Gasteiger partial charge in [0, 0.05) is 28.2 Å². The van der Waals surface area contributed by atoms with Gasteiger partial charge in [-0.3, -0.25) is 5.32 Å². The molecule has 2 heterocycles. The van der Waals surface area contributed by atoms with E-state index < -0.39 is 5.97 Å². The fraction of sp³-hybridized carbons (Fsp3) is 0.227. The number of nitrogens with one attached hydrogen (secondary N) is 2. The minimum absolute atomic E-state index is 0.00941. The fourth-order valence-corrected chi connectivity index (χ4v) is 3.83. The molecular formula is C22H22N2O2. The third kappa shape index (κ3) is 3.04. The third-order valence-corrected chi connectivity index (χ3v) is 4.98. The van der Waals surface area contributed by atoms with Gasteiger partial charge < -0.3 is 10.1 Å². The van der Waals surface area contributed by atoms with Gasteiger partial charge in [-0.2, -0.15) is 0 Å². The number of hydrogen-bond donors (Lipinski definition) is 3. The van der Waals surface area contributed by atoms with Gasteiger partial charge in [-0.05, 0) is 49.1 Å². The maximum Gasteiger partial charge on any atom is 0.328 e. The van der Waals surface area contributed by atoms with Gasteiger partial charge in [-0.25, -0.2) is 4.79 Å². The molecule has 1 unspecified atom stereocenters. The number of fused-ring (bicyclic) bond motifs is 3. The van der Waals surface area contributed by atoms with Crippen molar-refractivity contribution in [3.63, 3.8) is 0 Å². The maximum atomic E-state index is 10.7. The summed E-state index contributed by atoms with van der Waals surface area (Å²) in [6.07, 6.45) is 3.74. The number of aromatic amines is 1. The lowest BCUT2D eigenvalue weighted by Crippen LogP contribution is -2.47. The van der Waals surface area contributed by atoms with Crippen LogP contribution >= 0.6 is 0 Å². The number of benzene rings is 2. The molecule has 0 spiro atoms. The molecule has 0 amide bonds. The van der Waals surface area contributed by atoms with Crippen molar-refractivity contribution < 1.29 is 9.90 Å². The van der Waals surface area contributed by atoms with E-state index in [1.807, 2.05) is 12.1 Å². The van der Waals surface area contributed by atoms with E-state index in [-0.39, 0.29) is 11.6 Å². The summed E-state index contributed by atoms with van der Waals surface area (Å²) in [5, 5.41) is 13.8. The highest BCUT2D eigenvalue weighted by atomic mass is 16.4. The SMILES string of the molecule is CC1(C)Cc2c([nH]c3ccccc23)C(c2ccc(C=CC(=O)O)cc2)N1. The number of carbonyl (C=O) groups is 1. The Bertz CT molecular complexity index is 997. The van der Waals surface area contributed by atoms with Crippen molar-refractivity contribution in [1.82, 2.24) is 10.3 Å². The van der Waals surface area contributed by atoms with Crippen LogP contribution in [0.1, 0.15) is 42.3 Å². The second-order valence-electron chi connectivity index (χ2n) is 7.54. The lowest BCUT2D eigenvalue weighted by Gasteiger charge is -2.37. The van der Waals surface area contributed by atoms with Crippen LogP contribution in [0.4, 0.5) is 0 Å². The highest BCUT2D eigenvalue weighted by Crippen LogP contribution is 2.38. The molecular weight excluding hydrogens is 324 g/mol. The average Bonchev–Trinajstić information content (AvgIpc) is 2.97. The van der Waals surface area contributed by atoms with Gasteiger partial charge in [0.05, 0.1) is 6.04 Å². The zero-order valence-electron chi connectivity index (χ0n) is 14.9. The Morgan fingerprint density at radius 3 is 2.62 bits per heavy atom. The number of carboxylic acids is 1. The Labute approximate surface area is 152 Å². The van der Waals surface area contributed by atoms with Crippen LogP contribution in [0.3, 0.4) is 0 Å². The van der Waals surface area contributed by atoms with Gasteiger partial charge >= 0.3 is 5.97 Å². The van der Waals surface area contributed by atoms with Crippen molar-refractivity contribution in [1.29, 1.82) is 0 Å². The fourth-order valence-electron chi connectivity index (χ4n) is 3.83. The monoisotopic (exact) mass is 346 g/mol. The predicted octanol–water partition coefficient (Wildman–Crippen LogP) is 4.28. The molecule has 4 heteroatoms. The van der Waals surface area contributed by atoms with Crippen molar-refractivity contribution >= 4 is 22.9 Å². The molecule has 0 radical (unpaired) electrons. The topological polar surface area (TPSA) is 65.1 Å². The number of rotatable bonds is 3. The Hall–Kier alpha value is -2.85. The third-order valence-electron chi connectivity index (χ3n) is 4.98.